The van der Waals surface area contributed by atoms with Crippen molar-refractivity contribution in [1.29, 1.82) is 0 Å². The maximum Gasteiger partial charge on any atom is 0.0348 e. The SMILES string of the molecule is ClCCNCCc1ccncc1. The molecule has 1 aromatic rings. The van der Waals surface area contributed by atoms with Gasteiger partial charge in [0.1, 0.15) is 0 Å². The molecule has 3 heteroatoms. The molecule has 1 aromatic heterocycles. The zero-order chi connectivity index (χ0) is 8.65. The average molecular weight is 185 g/mol. The standard InChI is InChI=1S/C9H13ClN2/c10-4-8-12-7-3-9-1-5-11-6-2-9/h1-2,5-6,12H,3-4,7-8H2. The summed E-state index contributed by atoms with van der Waals surface area (Å²) in [6.07, 6.45) is 4.67. The Bertz CT molecular complexity index is 201. The molecule has 0 aliphatic heterocycles. The van der Waals surface area contributed by atoms with E-state index in [-0.39, 0.29) is 0 Å². The number of halogens is 1. The third kappa shape index (κ3) is 3.69. The van der Waals surface area contributed by atoms with E-state index in [1.54, 1.807) is 0 Å². The fourth-order valence-corrected chi connectivity index (χ4v) is 1.11. The second-order valence-electron chi connectivity index (χ2n) is 2.54. The van der Waals surface area contributed by atoms with Gasteiger partial charge in [-0.05, 0) is 30.7 Å². The van der Waals surface area contributed by atoms with Gasteiger partial charge in [0.25, 0.3) is 0 Å². The van der Waals surface area contributed by atoms with E-state index in [0.717, 1.165) is 19.5 Å². The number of aromatic nitrogens is 1. The van der Waals surface area contributed by atoms with Crippen molar-refractivity contribution < 1.29 is 0 Å². The number of rotatable bonds is 5. The minimum absolute atomic E-state index is 0.677. The number of hydrogen-bond donors (Lipinski definition) is 1. The van der Waals surface area contributed by atoms with Gasteiger partial charge in [0.05, 0.1) is 0 Å². The van der Waals surface area contributed by atoms with E-state index >= 15 is 0 Å². The summed E-state index contributed by atoms with van der Waals surface area (Å²) in [5.41, 5.74) is 1.31. The van der Waals surface area contributed by atoms with E-state index < -0.39 is 0 Å². The second kappa shape index (κ2) is 5.98. The Morgan fingerprint density at radius 2 is 2.00 bits per heavy atom. The summed E-state index contributed by atoms with van der Waals surface area (Å²) in [7, 11) is 0. The zero-order valence-electron chi connectivity index (χ0n) is 6.96. The number of nitrogens with zero attached hydrogens (tertiary/aromatic N) is 1. The molecular formula is C9H13ClN2. The molecule has 0 spiro atoms. The molecule has 0 aliphatic carbocycles. The lowest BCUT2D eigenvalue weighted by molar-refractivity contribution is 0.719. The van der Waals surface area contributed by atoms with Crippen molar-refractivity contribution in [2.45, 2.75) is 6.42 Å². The molecule has 0 unspecified atom stereocenters. The first-order valence-electron chi connectivity index (χ1n) is 4.09. The molecule has 0 aromatic carbocycles. The largest absolute Gasteiger partial charge is 0.315 e. The number of pyridine rings is 1. The van der Waals surface area contributed by atoms with Gasteiger partial charge < -0.3 is 5.32 Å². The smallest absolute Gasteiger partial charge is 0.0348 e. The Balaban J connectivity index is 2.16. The van der Waals surface area contributed by atoms with E-state index in [4.69, 9.17) is 11.6 Å². The van der Waals surface area contributed by atoms with Crippen LogP contribution in [0, 0.1) is 0 Å². The van der Waals surface area contributed by atoms with Gasteiger partial charge in [-0.1, -0.05) is 0 Å². The first kappa shape index (κ1) is 9.49. The van der Waals surface area contributed by atoms with E-state index in [0.29, 0.717) is 5.88 Å². The van der Waals surface area contributed by atoms with Crippen LogP contribution in [-0.4, -0.2) is 24.0 Å². The molecule has 0 atom stereocenters. The summed E-state index contributed by atoms with van der Waals surface area (Å²) >= 11 is 5.51. The fourth-order valence-electron chi connectivity index (χ4n) is 0.974. The van der Waals surface area contributed by atoms with E-state index in [2.05, 4.69) is 10.3 Å². The van der Waals surface area contributed by atoms with Crippen molar-refractivity contribution in [1.82, 2.24) is 10.3 Å². The zero-order valence-corrected chi connectivity index (χ0v) is 7.72. The van der Waals surface area contributed by atoms with E-state index in [1.165, 1.54) is 5.56 Å². The normalized spacial score (nSPS) is 10.1. The lowest BCUT2D eigenvalue weighted by Crippen LogP contribution is -2.19. The van der Waals surface area contributed by atoms with Crippen molar-refractivity contribution in [2.24, 2.45) is 0 Å². The molecule has 0 fully saturated rings. The Morgan fingerprint density at radius 1 is 1.25 bits per heavy atom. The molecule has 0 saturated heterocycles. The molecule has 66 valence electrons. The van der Waals surface area contributed by atoms with Crippen LogP contribution < -0.4 is 5.32 Å². The summed E-state index contributed by atoms with van der Waals surface area (Å²) in [5.74, 6) is 0.677. The van der Waals surface area contributed by atoms with Crippen LogP contribution in [0.4, 0.5) is 0 Å². The monoisotopic (exact) mass is 184 g/mol. The number of alkyl halides is 1. The summed E-state index contributed by atoms with van der Waals surface area (Å²) in [5, 5.41) is 3.23. The van der Waals surface area contributed by atoms with Crippen LogP contribution in [0.15, 0.2) is 24.5 Å². The summed E-state index contributed by atoms with van der Waals surface area (Å²) in [4.78, 5) is 3.95. The number of nitrogens with one attached hydrogen (secondary N) is 1. The Morgan fingerprint density at radius 3 is 2.67 bits per heavy atom. The molecule has 1 rings (SSSR count). The van der Waals surface area contributed by atoms with Gasteiger partial charge in [0.15, 0.2) is 0 Å². The van der Waals surface area contributed by atoms with Crippen molar-refractivity contribution in [3.8, 4) is 0 Å². The van der Waals surface area contributed by atoms with Crippen LogP contribution in [0.1, 0.15) is 5.56 Å². The van der Waals surface area contributed by atoms with Crippen LogP contribution in [0.25, 0.3) is 0 Å². The van der Waals surface area contributed by atoms with E-state index in [1.807, 2.05) is 24.5 Å². The molecule has 1 heterocycles. The highest BCUT2D eigenvalue weighted by Crippen LogP contribution is 1.95. The van der Waals surface area contributed by atoms with Gasteiger partial charge in [0.2, 0.25) is 0 Å². The van der Waals surface area contributed by atoms with Crippen molar-refractivity contribution in [2.75, 3.05) is 19.0 Å². The fraction of sp³-hybridized carbons (Fsp3) is 0.444. The van der Waals surface area contributed by atoms with E-state index in [9.17, 15) is 0 Å². The third-order valence-corrected chi connectivity index (χ3v) is 1.80. The van der Waals surface area contributed by atoms with Crippen molar-refractivity contribution in [3.05, 3.63) is 30.1 Å². The van der Waals surface area contributed by atoms with Crippen LogP contribution in [0.2, 0.25) is 0 Å². The minimum atomic E-state index is 0.677. The van der Waals surface area contributed by atoms with Crippen LogP contribution in [0.5, 0.6) is 0 Å². The topological polar surface area (TPSA) is 24.9 Å². The maximum atomic E-state index is 5.51. The lowest BCUT2D eigenvalue weighted by atomic mass is 10.2. The summed E-state index contributed by atoms with van der Waals surface area (Å²) in [6, 6.07) is 4.06. The van der Waals surface area contributed by atoms with Gasteiger partial charge in [-0.2, -0.15) is 0 Å². The van der Waals surface area contributed by atoms with Gasteiger partial charge in [0, 0.05) is 24.8 Å². The predicted octanol–water partition coefficient (Wildman–Crippen LogP) is 1.45. The first-order valence-corrected chi connectivity index (χ1v) is 4.62. The third-order valence-electron chi connectivity index (χ3n) is 1.61. The highest BCUT2D eigenvalue weighted by atomic mass is 35.5. The van der Waals surface area contributed by atoms with Gasteiger partial charge >= 0.3 is 0 Å². The van der Waals surface area contributed by atoms with Gasteiger partial charge in [-0.25, -0.2) is 0 Å². The van der Waals surface area contributed by atoms with Crippen LogP contribution in [-0.2, 0) is 6.42 Å². The lowest BCUT2D eigenvalue weighted by Gasteiger charge is -2.01. The maximum absolute atomic E-state index is 5.51. The molecule has 0 amide bonds. The summed E-state index contributed by atoms with van der Waals surface area (Å²) < 4.78 is 0. The predicted molar refractivity (Wildman–Crippen MR) is 51.5 cm³/mol. The van der Waals surface area contributed by atoms with Gasteiger partial charge in [-0.15, -0.1) is 11.6 Å². The first-order chi connectivity index (χ1) is 5.93. The quantitative estimate of drug-likeness (QED) is 0.554. The molecular weight excluding hydrogens is 172 g/mol. The Labute approximate surface area is 78.0 Å². The van der Waals surface area contributed by atoms with Crippen molar-refractivity contribution >= 4 is 11.6 Å². The molecule has 0 saturated carbocycles. The molecule has 0 bridgehead atoms. The average Bonchev–Trinajstić information content (AvgIpc) is 2.14. The summed E-state index contributed by atoms with van der Waals surface area (Å²) in [6.45, 7) is 1.86. The highest BCUT2D eigenvalue weighted by molar-refractivity contribution is 6.18. The van der Waals surface area contributed by atoms with Crippen LogP contribution >= 0.6 is 11.6 Å². The van der Waals surface area contributed by atoms with Gasteiger partial charge in [-0.3, -0.25) is 4.98 Å². The molecule has 0 aliphatic rings. The highest BCUT2D eigenvalue weighted by Gasteiger charge is 1.90. The number of hydrogen-bond acceptors (Lipinski definition) is 2. The van der Waals surface area contributed by atoms with Crippen LogP contribution in [0.3, 0.4) is 0 Å². The molecule has 1 N–H and O–H groups in total. The minimum Gasteiger partial charge on any atom is -0.315 e. The Kier molecular flexibility index (Phi) is 4.73. The molecule has 2 nitrogen and oxygen atoms in total. The van der Waals surface area contributed by atoms with Crippen molar-refractivity contribution in [3.63, 3.8) is 0 Å². The molecule has 0 radical (unpaired) electrons. The Hall–Kier alpha value is -0.600. The molecule has 12 heavy (non-hydrogen) atoms. The second-order valence-corrected chi connectivity index (χ2v) is 2.92.